The third-order valence-corrected chi connectivity index (χ3v) is 6.10. The van der Waals surface area contributed by atoms with E-state index in [1.54, 1.807) is 6.92 Å². The minimum absolute atomic E-state index is 0.00462. The first-order valence-corrected chi connectivity index (χ1v) is 12.1. The van der Waals surface area contributed by atoms with Crippen molar-refractivity contribution >= 4 is 44.9 Å². The number of nitriles is 1. The average molecular weight is 527 g/mol. The molecule has 3 rings (SSSR count). The third-order valence-electron chi connectivity index (χ3n) is 4.95. The fraction of sp³-hybridized carbons (Fsp3) is 0.0833. The molecule has 184 valence electrons. The Morgan fingerprint density at radius 2 is 1.75 bits per heavy atom. The van der Waals surface area contributed by atoms with Crippen molar-refractivity contribution in [2.75, 3.05) is 11.9 Å². The maximum Gasteiger partial charge on any atom is 0.262 e. The van der Waals surface area contributed by atoms with E-state index >= 15 is 0 Å². The second kappa shape index (κ2) is 10.6. The van der Waals surface area contributed by atoms with Crippen LogP contribution in [0.1, 0.15) is 37.4 Å². The molecule has 3 aromatic rings. The molecule has 12 heteroatoms. The summed E-state index contributed by atoms with van der Waals surface area (Å²) in [7, 11) is -3.89. The van der Waals surface area contributed by atoms with Gasteiger partial charge in [0.1, 0.15) is 5.75 Å². The summed E-state index contributed by atoms with van der Waals surface area (Å²) in [6.45, 7) is 1.10. The van der Waals surface area contributed by atoms with Crippen molar-refractivity contribution < 1.29 is 27.5 Å². The Labute approximate surface area is 211 Å². The van der Waals surface area contributed by atoms with Crippen LogP contribution in [0.2, 0.25) is 5.02 Å². The lowest BCUT2D eigenvalue weighted by atomic mass is 9.98. The molecule has 0 bridgehead atoms. The summed E-state index contributed by atoms with van der Waals surface area (Å²) >= 11 is 6.06. The van der Waals surface area contributed by atoms with Gasteiger partial charge in [-0.25, -0.2) is 13.6 Å². The zero-order valence-corrected chi connectivity index (χ0v) is 20.3. The number of anilines is 1. The van der Waals surface area contributed by atoms with Crippen LogP contribution in [0.3, 0.4) is 0 Å². The van der Waals surface area contributed by atoms with Gasteiger partial charge in [-0.1, -0.05) is 11.6 Å². The second-order valence-corrected chi connectivity index (χ2v) is 9.60. The minimum Gasteiger partial charge on any atom is -0.483 e. The van der Waals surface area contributed by atoms with Crippen LogP contribution in [-0.2, 0) is 14.8 Å². The molecule has 0 aliphatic rings. The highest BCUT2D eigenvalue weighted by Crippen LogP contribution is 2.27. The van der Waals surface area contributed by atoms with Crippen LogP contribution >= 0.6 is 11.6 Å². The highest BCUT2D eigenvalue weighted by Gasteiger charge is 2.19. The number of primary amides is 1. The van der Waals surface area contributed by atoms with Gasteiger partial charge in [0.15, 0.2) is 12.4 Å². The first-order chi connectivity index (χ1) is 16.9. The molecule has 10 nitrogen and oxygen atoms in total. The molecule has 2 amide bonds. The molecule has 0 aromatic heterocycles. The number of nitrogens with one attached hydrogen (secondary N) is 1. The second-order valence-electron chi connectivity index (χ2n) is 7.60. The molecular formula is C24H19ClN4O6S. The average Bonchev–Trinajstić information content (AvgIpc) is 2.82. The highest BCUT2D eigenvalue weighted by molar-refractivity contribution is 7.89. The summed E-state index contributed by atoms with van der Waals surface area (Å²) < 4.78 is 28.5. The quantitative estimate of drug-likeness (QED) is 0.376. The molecule has 0 heterocycles. The lowest BCUT2D eigenvalue weighted by molar-refractivity contribution is -0.118. The normalized spacial score (nSPS) is 10.8. The molecule has 0 unspecified atom stereocenters. The molecule has 0 aliphatic carbocycles. The number of hydrogen-bond donors (Lipinski definition) is 3. The predicted octanol–water partition coefficient (Wildman–Crippen LogP) is 2.51. The van der Waals surface area contributed by atoms with E-state index in [9.17, 15) is 28.1 Å². The van der Waals surface area contributed by atoms with Crippen LogP contribution in [0.25, 0.3) is 0 Å². The molecule has 0 spiro atoms. The molecule has 0 atom stereocenters. The van der Waals surface area contributed by atoms with Gasteiger partial charge in [0, 0.05) is 21.8 Å². The Kier molecular flexibility index (Phi) is 7.74. The van der Waals surface area contributed by atoms with E-state index in [-0.39, 0.29) is 37.9 Å². The lowest BCUT2D eigenvalue weighted by Crippen LogP contribution is -2.22. The van der Waals surface area contributed by atoms with Crippen molar-refractivity contribution in [3.63, 3.8) is 0 Å². The Bertz CT molecular complexity index is 1550. The lowest BCUT2D eigenvalue weighted by Gasteiger charge is -2.13. The van der Waals surface area contributed by atoms with Crippen molar-refractivity contribution in [1.29, 1.82) is 5.26 Å². The number of ether oxygens (including phenoxy) is 1. The van der Waals surface area contributed by atoms with E-state index in [4.69, 9.17) is 27.2 Å². The molecule has 0 fully saturated rings. The number of aryl methyl sites for hydroxylation is 1. The standard InChI is InChI=1S/C24H19ClN4O6S/c1-13-6-18(36(28,33)34)3-4-20(13)29-22(30)12-35-21-5-2-17(25)10-19(21)23(31)15-7-14(11-26)8-16(9-15)24(27)32/h2-10H,12H2,1H3,(H2,27,32)(H,29,30)(H2,28,33,34). The van der Waals surface area contributed by atoms with Crippen LogP contribution in [0, 0.1) is 18.3 Å². The zero-order valence-electron chi connectivity index (χ0n) is 18.7. The number of carbonyl (C=O) groups is 3. The monoisotopic (exact) mass is 526 g/mol. The van der Waals surface area contributed by atoms with E-state index in [0.717, 1.165) is 0 Å². The van der Waals surface area contributed by atoms with Crippen molar-refractivity contribution in [3.8, 4) is 11.8 Å². The van der Waals surface area contributed by atoms with Gasteiger partial charge in [0.05, 0.1) is 22.1 Å². The number of nitrogens with two attached hydrogens (primary N) is 2. The molecular weight excluding hydrogens is 508 g/mol. The molecule has 0 saturated heterocycles. The summed E-state index contributed by atoms with van der Waals surface area (Å²) in [5.74, 6) is -1.98. The third kappa shape index (κ3) is 6.25. The van der Waals surface area contributed by atoms with E-state index in [0.29, 0.717) is 11.3 Å². The van der Waals surface area contributed by atoms with Crippen LogP contribution in [0.15, 0.2) is 59.5 Å². The summed E-state index contributed by atoms with van der Waals surface area (Å²) in [4.78, 5) is 37.2. The van der Waals surface area contributed by atoms with E-state index in [1.165, 1.54) is 54.6 Å². The van der Waals surface area contributed by atoms with Gasteiger partial charge >= 0.3 is 0 Å². The van der Waals surface area contributed by atoms with Gasteiger partial charge in [0.25, 0.3) is 5.91 Å². The first kappa shape index (κ1) is 26.4. The first-order valence-electron chi connectivity index (χ1n) is 10.1. The fourth-order valence-corrected chi connectivity index (χ4v) is 3.98. The van der Waals surface area contributed by atoms with Gasteiger partial charge in [0.2, 0.25) is 15.9 Å². The number of ketones is 1. The predicted molar refractivity (Wildman–Crippen MR) is 131 cm³/mol. The Balaban J connectivity index is 1.82. The van der Waals surface area contributed by atoms with E-state index in [2.05, 4.69) is 5.32 Å². The van der Waals surface area contributed by atoms with Crippen LogP contribution < -0.4 is 20.9 Å². The number of benzene rings is 3. The van der Waals surface area contributed by atoms with Gasteiger partial charge in [-0.05, 0) is 67.1 Å². The summed E-state index contributed by atoms with van der Waals surface area (Å²) in [5.41, 5.74) is 6.13. The molecule has 0 aliphatic heterocycles. The largest absolute Gasteiger partial charge is 0.483 e. The van der Waals surface area contributed by atoms with Crippen LogP contribution in [0.4, 0.5) is 5.69 Å². The van der Waals surface area contributed by atoms with Gasteiger partial charge in [-0.15, -0.1) is 0 Å². The number of halogens is 1. The molecule has 36 heavy (non-hydrogen) atoms. The minimum atomic E-state index is -3.89. The number of carbonyl (C=O) groups excluding carboxylic acids is 3. The number of rotatable bonds is 8. The molecule has 0 radical (unpaired) electrons. The van der Waals surface area contributed by atoms with Crippen molar-refractivity contribution in [2.24, 2.45) is 10.9 Å². The van der Waals surface area contributed by atoms with Gasteiger partial charge in [-0.3, -0.25) is 14.4 Å². The summed E-state index contributed by atoms with van der Waals surface area (Å²) in [6.07, 6.45) is 0. The summed E-state index contributed by atoms with van der Waals surface area (Å²) in [6, 6.07) is 13.8. The van der Waals surface area contributed by atoms with Gasteiger partial charge in [-0.2, -0.15) is 5.26 Å². The fourth-order valence-electron chi connectivity index (χ4n) is 3.21. The number of sulfonamides is 1. The van der Waals surface area contributed by atoms with E-state index < -0.39 is 34.2 Å². The Hall–Kier alpha value is -4.24. The smallest absolute Gasteiger partial charge is 0.262 e. The SMILES string of the molecule is Cc1cc(S(N)(=O)=O)ccc1NC(=O)COc1ccc(Cl)cc1C(=O)c1cc(C#N)cc(C(N)=O)c1. The Morgan fingerprint density at radius 1 is 1.06 bits per heavy atom. The molecule has 3 aromatic carbocycles. The molecule has 5 N–H and O–H groups in total. The van der Waals surface area contributed by atoms with Crippen LogP contribution in [0.5, 0.6) is 5.75 Å². The van der Waals surface area contributed by atoms with Gasteiger partial charge < -0.3 is 15.8 Å². The van der Waals surface area contributed by atoms with Crippen molar-refractivity contribution in [2.45, 2.75) is 11.8 Å². The molecule has 0 saturated carbocycles. The summed E-state index contributed by atoms with van der Waals surface area (Å²) in [5, 5.41) is 17.1. The van der Waals surface area contributed by atoms with E-state index in [1.807, 2.05) is 6.07 Å². The maximum absolute atomic E-state index is 13.2. The number of hydrogen-bond acceptors (Lipinski definition) is 7. The number of amides is 2. The maximum atomic E-state index is 13.2. The van der Waals surface area contributed by atoms with Crippen LogP contribution in [-0.4, -0.2) is 32.6 Å². The number of nitrogens with zero attached hydrogens (tertiary/aromatic N) is 1. The zero-order chi connectivity index (χ0) is 26.6. The highest BCUT2D eigenvalue weighted by atomic mass is 35.5. The topological polar surface area (TPSA) is 182 Å². The number of primary sulfonamides is 1. The Morgan fingerprint density at radius 3 is 2.36 bits per heavy atom. The van der Waals surface area contributed by atoms with Crippen molar-refractivity contribution in [1.82, 2.24) is 0 Å². The van der Waals surface area contributed by atoms with Crippen molar-refractivity contribution in [3.05, 3.63) is 87.4 Å².